The van der Waals surface area contributed by atoms with Gasteiger partial charge in [0, 0.05) is 12.7 Å². The molecule has 1 heterocycles. The van der Waals surface area contributed by atoms with E-state index in [1.165, 1.54) is 19.3 Å². The van der Waals surface area contributed by atoms with Crippen LogP contribution in [0.3, 0.4) is 0 Å². The molecule has 3 N–H and O–H groups in total. The number of carbonyl (C=O) groups is 1. The maximum atomic E-state index is 12.3. The van der Waals surface area contributed by atoms with Crippen molar-refractivity contribution >= 4 is 17.2 Å². The zero-order chi connectivity index (χ0) is 15.6. The molecule has 0 aromatic carbocycles. The molecule has 0 bridgehead atoms. The van der Waals surface area contributed by atoms with Gasteiger partial charge in [0.05, 0.1) is 6.20 Å². The Kier molecular flexibility index (Phi) is 4.30. The van der Waals surface area contributed by atoms with Gasteiger partial charge in [0.2, 0.25) is 0 Å². The summed E-state index contributed by atoms with van der Waals surface area (Å²) in [5, 5.41) is 10.6. The number of nitrogens with zero attached hydrogens (tertiary/aromatic N) is 1. The maximum Gasteiger partial charge on any atom is 0.269 e. The van der Waals surface area contributed by atoms with Crippen molar-refractivity contribution < 1.29 is 6.22 Å². The minimum Gasteiger partial charge on any atom is -0.346 e. The fourth-order valence-electron chi connectivity index (χ4n) is 2.62. The first-order valence-corrected chi connectivity index (χ1v) is 7.41. The minimum absolute atomic E-state index is 0. The maximum absolute atomic E-state index is 12.3. The highest BCUT2D eigenvalue weighted by atomic mass is 16.2. The van der Waals surface area contributed by atoms with Gasteiger partial charge < -0.3 is 15.7 Å². The van der Waals surface area contributed by atoms with E-state index in [1.807, 2.05) is 6.92 Å². The molecular weight excluding hydrogens is 264 g/mol. The van der Waals surface area contributed by atoms with E-state index in [1.54, 1.807) is 19.2 Å². The van der Waals surface area contributed by atoms with E-state index in [-0.39, 0.29) is 12.9 Å². The molecule has 0 spiro atoms. The summed E-state index contributed by atoms with van der Waals surface area (Å²) < 4.78 is 0. The van der Waals surface area contributed by atoms with Crippen molar-refractivity contribution in [1.82, 2.24) is 15.3 Å². The lowest BCUT2D eigenvalue weighted by atomic mass is 9.72. The van der Waals surface area contributed by atoms with Crippen LogP contribution in [0.2, 0.25) is 0 Å². The first-order chi connectivity index (χ1) is 9.79. The van der Waals surface area contributed by atoms with Gasteiger partial charge in [-0.1, -0.05) is 6.42 Å². The zero-order valence-electron chi connectivity index (χ0n) is 13.2. The number of nitrogens with one attached hydrogen (secondary N) is 3. The molecule has 2 rings (SSSR count). The zero-order valence-corrected chi connectivity index (χ0v) is 13.2. The van der Waals surface area contributed by atoms with Gasteiger partial charge in [-0.3, -0.25) is 4.79 Å². The number of aromatic nitrogens is 2. The quantitative estimate of drug-likeness (QED) is 0.726. The highest BCUT2D eigenvalue weighted by Crippen LogP contribution is 2.35. The number of carbonyl (C=O) groups excluding carboxylic acids is 1. The standard InChI is InChI=1S/C16H24N4O.H2/c1-10(8-11(2)17)14-18-9-13(19-14)15(21)20-16(3,4)12-6-5-7-12;/h8-9,12,17H,5-7H2,1-4H3,(H,18,19)(H,20,21);1H/b10-8-,17-11?;. The first kappa shape index (κ1) is 15.5. The molecule has 116 valence electrons. The molecule has 1 aromatic rings. The van der Waals surface area contributed by atoms with Crippen LogP contribution in [0.1, 0.15) is 64.7 Å². The first-order valence-electron chi connectivity index (χ1n) is 7.41. The molecule has 1 fully saturated rings. The van der Waals surface area contributed by atoms with Gasteiger partial charge in [-0.15, -0.1) is 0 Å². The average Bonchev–Trinajstić information content (AvgIpc) is 2.72. The summed E-state index contributed by atoms with van der Waals surface area (Å²) >= 11 is 0. The summed E-state index contributed by atoms with van der Waals surface area (Å²) in [5.74, 6) is 1.07. The molecule has 0 aliphatic heterocycles. The van der Waals surface area contributed by atoms with Crippen molar-refractivity contribution in [1.29, 1.82) is 5.41 Å². The average molecular weight is 290 g/mol. The molecule has 0 atom stereocenters. The Hall–Kier alpha value is -1.91. The summed E-state index contributed by atoms with van der Waals surface area (Å²) in [4.78, 5) is 19.6. The fourth-order valence-corrected chi connectivity index (χ4v) is 2.62. The van der Waals surface area contributed by atoms with Gasteiger partial charge in [0.25, 0.3) is 5.91 Å². The molecule has 5 nitrogen and oxygen atoms in total. The predicted octanol–water partition coefficient (Wildman–Crippen LogP) is 3.41. The van der Waals surface area contributed by atoms with Gasteiger partial charge in [-0.05, 0) is 58.1 Å². The van der Waals surface area contributed by atoms with Crippen LogP contribution in [0, 0.1) is 11.3 Å². The number of H-pyrrole nitrogens is 1. The van der Waals surface area contributed by atoms with E-state index in [9.17, 15) is 4.79 Å². The van der Waals surface area contributed by atoms with Crippen molar-refractivity contribution in [2.24, 2.45) is 5.92 Å². The molecule has 21 heavy (non-hydrogen) atoms. The summed E-state index contributed by atoms with van der Waals surface area (Å²) in [5.41, 5.74) is 1.59. The second kappa shape index (κ2) is 5.84. The predicted molar refractivity (Wildman–Crippen MR) is 86.6 cm³/mol. The number of hydrogen-bond acceptors (Lipinski definition) is 3. The van der Waals surface area contributed by atoms with Crippen LogP contribution in [0.5, 0.6) is 0 Å². The van der Waals surface area contributed by atoms with Crippen LogP contribution < -0.4 is 5.32 Å². The molecule has 1 aliphatic rings. The van der Waals surface area contributed by atoms with Crippen LogP contribution >= 0.6 is 0 Å². The Labute approximate surface area is 127 Å². The number of allylic oxidation sites excluding steroid dienone is 2. The van der Waals surface area contributed by atoms with Gasteiger partial charge in [0.15, 0.2) is 0 Å². The molecule has 1 amide bonds. The van der Waals surface area contributed by atoms with E-state index in [0.717, 1.165) is 5.57 Å². The third kappa shape index (κ3) is 3.60. The van der Waals surface area contributed by atoms with E-state index in [4.69, 9.17) is 5.41 Å². The summed E-state index contributed by atoms with van der Waals surface area (Å²) in [7, 11) is 0. The van der Waals surface area contributed by atoms with Crippen LogP contribution in [0.15, 0.2) is 12.3 Å². The Balaban J connectivity index is 0.00000242. The lowest BCUT2D eigenvalue weighted by molar-refractivity contribution is 0.0822. The van der Waals surface area contributed by atoms with Crippen molar-refractivity contribution in [3.05, 3.63) is 23.8 Å². The van der Waals surface area contributed by atoms with Crippen molar-refractivity contribution in [3.8, 4) is 0 Å². The minimum atomic E-state index is -0.183. The molecule has 0 radical (unpaired) electrons. The highest BCUT2D eigenvalue weighted by Gasteiger charge is 2.35. The Morgan fingerprint density at radius 1 is 1.52 bits per heavy atom. The van der Waals surface area contributed by atoms with Crippen molar-refractivity contribution in [2.45, 2.75) is 52.5 Å². The molecule has 0 unspecified atom stereocenters. The number of hydrogen-bond donors (Lipinski definition) is 3. The second-order valence-electron chi connectivity index (χ2n) is 6.46. The van der Waals surface area contributed by atoms with Crippen LogP contribution in [-0.4, -0.2) is 27.1 Å². The number of aromatic amines is 1. The molecule has 1 aromatic heterocycles. The molecule has 5 heteroatoms. The van der Waals surface area contributed by atoms with E-state index in [0.29, 0.717) is 23.1 Å². The lowest BCUT2D eigenvalue weighted by Gasteiger charge is -2.40. The van der Waals surface area contributed by atoms with Crippen molar-refractivity contribution in [2.75, 3.05) is 0 Å². The van der Waals surface area contributed by atoms with Crippen molar-refractivity contribution in [3.63, 3.8) is 0 Å². The van der Waals surface area contributed by atoms with Crippen LogP contribution in [0.25, 0.3) is 5.57 Å². The van der Waals surface area contributed by atoms with Gasteiger partial charge in [-0.25, -0.2) is 4.98 Å². The van der Waals surface area contributed by atoms with E-state index >= 15 is 0 Å². The molecular formula is C16H26N4O. The number of imidazole rings is 1. The molecule has 1 aliphatic carbocycles. The highest BCUT2D eigenvalue weighted by molar-refractivity contribution is 5.97. The smallest absolute Gasteiger partial charge is 0.269 e. The molecule has 1 saturated carbocycles. The normalized spacial score (nSPS) is 16.5. The summed E-state index contributed by atoms with van der Waals surface area (Å²) in [6.45, 7) is 7.74. The lowest BCUT2D eigenvalue weighted by Crippen LogP contribution is -2.51. The largest absolute Gasteiger partial charge is 0.346 e. The Morgan fingerprint density at radius 2 is 2.19 bits per heavy atom. The topological polar surface area (TPSA) is 81.6 Å². The third-order valence-corrected chi connectivity index (χ3v) is 4.19. The third-order valence-electron chi connectivity index (χ3n) is 4.19. The van der Waals surface area contributed by atoms with E-state index < -0.39 is 0 Å². The fraction of sp³-hybridized carbons (Fsp3) is 0.562. The summed E-state index contributed by atoms with van der Waals surface area (Å²) in [6, 6.07) is 0. The molecule has 0 saturated heterocycles. The van der Waals surface area contributed by atoms with E-state index in [2.05, 4.69) is 29.1 Å². The second-order valence-corrected chi connectivity index (χ2v) is 6.46. The van der Waals surface area contributed by atoms with Gasteiger partial charge >= 0.3 is 0 Å². The Morgan fingerprint density at radius 3 is 2.71 bits per heavy atom. The van der Waals surface area contributed by atoms with Gasteiger partial charge in [0.1, 0.15) is 11.5 Å². The Bertz CT molecular complexity index is 585. The SMILES string of the molecule is CC(=N)/C=C(/C)c1ncc(C(=O)NC(C)(C)C2CCC2)[nH]1.[HH]. The van der Waals surface area contributed by atoms with Crippen LogP contribution in [-0.2, 0) is 0 Å². The monoisotopic (exact) mass is 290 g/mol. The summed E-state index contributed by atoms with van der Waals surface area (Å²) in [6.07, 6.45) is 6.89. The number of amides is 1. The number of rotatable bonds is 5. The van der Waals surface area contributed by atoms with Gasteiger partial charge in [-0.2, -0.15) is 0 Å². The van der Waals surface area contributed by atoms with Crippen LogP contribution in [0.4, 0.5) is 0 Å².